The summed E-state index contributed by atoms with van der Waals surface area (Å²) in [5.41, 5.74) is 2.38. The van der Waals surface area contributed by atoms with Gasteiger partial charge in [0, 0.05) is 5.69 Å². The largest absolute Gasteiger partial charge is 0.542 e. The van der Waals surface area contributed by atoms with E-state index in [1.54, 1.807) is 0 Å². The molecular weight excluding hydrogens is 439 g/mol. The monoisotopic (exact) mass is 469 g/mol. The molecule has 1 aromatic heterocycles. The van der Waals surface area contributed by atoms with Crippen molar-refractivity contribution in [2.24, 2.45) is 0 Å². The number of benzene rings is 1. The number of aryl methyl sites for hydroxylation is 1. The SMILES string of the molecule is Cc1nc(NC(=S)Nc2ccc(C(F)(F)F)cc2)c(C)c(C)c1O[Si](C)(C)C(C)(C)C. The first-order chi connectivity index (χ1) is 14.0. The number of nitrogens with one attached hydrogen (secondary N) is 2. The van der Waals surface area contributed by atoms with Gasteiger partial charge in [0.05, 0.1) is 11.3 Å². The number of anilines is 2. The van der Waals surface area contributed by atoms with Crippen LogP contribution in [0.2, 0.25) is 18.1 Å². The van der Waals surface area contributed by atoms with Crippen molar-refractivity contribution in [3.05, 3.63) is 46.6 Å². The Morgan fingerprint density at radius 2 is 1.52 bits per heavy atom. The average molecular weight is 470 g/mol. The van der Waals surface area contributed by atoms with E-state index >= 15 is 0 Å². The van der Waals surface area contributed by atoms with E-state index in [0.717, 1.165) is 34.7 Å². The summed E-state index contributed by atoms with van der Waals surface area (Å²) in [7, 11) is -2.03. The van der Waals surface area contributed by atoms with Crippen LogP contribution in [0.25, 0.3) is 0 Å². The molecule has 0 saturated heterocycles. The van der Waals surface area contributed by atoms with E-state index in [1.807, 2.05) is 20.8 Å². The number of aromatic nitrogens is 1. The minimum absolute atomic E-state index is 0.0594. The molecule has 2 N–H and O–H groups in total. The van der Waals surface area contributed by atoms with Crippen molar-refractivity contribution in [3.8, 4) is 5.75 Å². The Bertz CT molecular complexity index is 968. The lowest BCUT2D eigenvalue weighted by atomic mass is 10.1. The molecule has 0 saturated carbocycles. The van der Waals surface area contributed by atoms with Gasteiger partial charge >= 0.3 is 6.18 Å². The number of rotatable bonds is 4. The maximum Gasteiger partial charge on any atom is 0.416 e. The molecular formula is C22H30F3N3OSSi. The standard InChI is InChI=1S/C22H30F3N3OSSi/c1-13-14(2)19(26-15(3)18(13)29-31(7,8)21(4,5)6)28-20(30)27-17-11-9-16(10-12-17)22(23,24)25/h9-12H,1-8H3,(H2,26,27,28,30). The summed E-state index contributed by atoms with van der Waals surface area (Å²) in [5, 5.41) is 6.25. The zero-order valence-electron chi connectivity index (χ0n) is 19.2. The Kier molecular flexibility index (Phi) is 7.12. The third-order valence-corrected chi connectivity index (χ3v) is 10.3. The number of halogens is 3. The first-order valence-corrected chi connectivity index (χ1v) is 13.3. The van der Waals surface area contributed by atoms with Gasteiger partial charge in [-0.2, -0.15) is 13.2 Å². The van der Waals surface area contributed by atoms with Crippen LogP contribution in [0.5, 0.6) is 5.75 Å². The minimum Gasteiger partial charge on any atom is -0.542 e. The smallest absolute Gasteiger partial charge is 0.416 e. The van der Waals surface area contributed by atoms with Crippen molar-refractivity contribution in [2.75, 3.05) is 10.6 Å². The maximum absolute atomic E-state index is 12.7. The summed E-state index contributed by atoms with van der Waals surface area (Å²) < 4.78 is 44.7. The van der Waals surface area contributed by atoms with E-state index in [9.17, 15) is 13.2 Å². The molecule has 1 aromatic carbocycles. The van der Waals surface area contributed by atoms with Crippen LogP contribution in [0.3, 0.4) is 0 Å². The van der Waals surface area contributed by atoms with Gasteiger partial charge < -0.3 is 15.1 Å². The third-order valence-electron chi connectivity index (χ3n) is 5.73. The van der Waals surface area contributed by atoms with Crippen molar-refractivity contribution in [1.82, 2.24) is 4.98 Å². The van der Waals surface area contributed by atoms with Crippen LogP contribution in [0, 0.1) is 20.8 Å². The van der Waals surface area contributed by atoms with Crippen molar-refractivity contribution in [3.63, 3.8) is 0 Å². The zero-order chi connectivity index (χ0) is 23.8. The molecule has 1 heterocycles. The molecule has 0 amide bonds. The minimum atomic E-state index is -4.37. The average Bonchev–Trinajstić information content (AvgIpc) is 2.62. The van der Waals surface area contributed by atoms with Gasteiger partial charge in [-0.05, 0) is 86.5 Å². The predicted molar refractivity (Wildman–Crippen MR) is 128 cm³/mol. The van der Waals surface area contributed by atoms with Crippen molar-refractivity contribution in [1.29, 1.82) is 0 Å². The summed E-state index contributed by atoms with van der Waals surface area (Å²) in [6, 6.07) is 4.69. The summed E-state index contributed by atoms with van der Waals surface area (Å²) >= 11 is 5.33. The highest BCUT2D eigenvalue weighted by Crippen LogP contribution is 2.40. The molecule has 2 rings (SSSR count). The molecule has 9 heteroatoms. The van der Waals surface area contributed by atoms with Gasteiger partial charge in [0.25, 0.3) is 8.32 Å². The van der Waals surface area contributed by atoms with E-state index < -0.39 is 20.1 Å². The molecule has 0 atom stereocenters. The van der Waals surface area contributed by atoms with Crippen LogP contribution >= 0.6 is 12.2 Å². The Morgan fingerprint density at radius 1 is 0.968 bits per heavy atom. The lowest BCUT2D eigenvalue weighted by Crippen LogP contribution is -2.44. The Morgan fingerprint density at radius 3 is 2.00 bits per heavy atom. The number of nitrogens with zero attached hydrogens (tertiary/aromatic N) is 1. The highest BCUT2D eigenvalue weighted by Gasteiger charge is 2.40. The van der Waals surface area contributed by atoms with E-state index in [4.69, 9.17) is 16.6 Å². The highest BCUT2D eigenvalue weighted by molar-refractivity contribution is 7.80. The number of hydrogen-bond donors (Lipinski definition) is 2. The summed E-state index contributed by atoms with van der Waals surface area (Å²) in [6.45, 7) is 16.8. The molecule has 0 aliphatic rings. The van der Waals surface area contributed by atoms with E-state index in [1.165, 1.54) is 12.1 Å². The molecule has 4 nitrogen and oxygen atoms in total. The van der Waals surface area contributed by atoms with Crippen LogP contribution in [-0.4, -0.2) is 18.4 Å². The topological polar surface area (TPSA) is 46.2 Å². The number of pyridine rings is 1. The fourth-order valence-electron chi connectivity index (χ4n) is 2.61. The van der Waals surface area contributed by atoms with Crippen LogP contribution in [0.1, 0.15) is 43.2 Å². The molecule has 0 aliphatic carbocycles. The molecule has 0 radical (unpaired) electrons. The fraction of sp³-hybridized carbons (Fsp3) is 0.455. The number of hydrogen-bond acceptors (Lipinski definition) is 3. The predicted octanol–water partition coefficient (Wildman–Crippen LogP) is 7.22. The first-order valence-electron chi connectivity index (χ1n) is 9.95. The summed E-state index contributed by atoms with van der Waals surface area (Å²) in [5.74, 6) is 1.39. The molecule has 0 spiro atoms. The van der Waals surface area contributed by atoms with Crippen LogP contribution < -0.4 is 15.1 Å². The van der Waals surface area contributed by atoms with Crippen LogP contribution in [0.15, 0.2) is 24.3 Å². The van der Waals surface area contributed by atoms with Crippen molar-refractivity contribution >= 4 is 37.2 Å². The first kappa shape index (κ1) is 25.1. The van der Waals surface area contributed by atoms with Crippen molar-refractivity contribution < 1.29 is 17.6 Å². The van der Waals surface area contributed by atoms with E-state index in [0.29, 0.717) is 11.5 Å². The second-order valence-electron chi connectivity index (χ2n) is 9.14. The molecule has 2 aromatic rings. The van der Waals surface area contributed by atoms with Gasteiger partial charge in [-0.1, -0.05) is 20.8 Å². The quantitative estimate of drug-likeness (QED) is 0.366. The lowest BCUT2D eigenvalue weighted by molar-refractivity contribution is -0.137. The molecule has 0 aliphatic heterocycles. The van der Waals surface area contributed by atoms with E-state index in [-0.39, 0.29) is 10.2 Å². The zero-order valence-corrected chi connectivity index (χ0v) is 21.0. The van der Waals surface area contributed by atoms with Gasteiger partial charge in [0.1, 0.15) is 11.6 Å². The van der Waals surface area contributed by atoms with Gasteiger partial charge in [0.15, 0.2) is 5.11 Å². The molecule has 31 heavy (non-hydrogen) atoms. The summed E-state index contributed by atoms with van der Waals surface area (Å²) in [6.07, 6.45) is -4.37. The number of alkyl halides is 3. The van der Waals surface area contributed by atoms with Gasteiger partial charge in [-0.25, -0.2) is 4.98 Å². The van der Waals surface area contributed by atoms with E-state index in [2.05, 4.69) is 49.5 Å². The van der Waals surface area contributed by atoms with Gasteiger partial charge in [0.2, 0.25) is 0 Å². The fourth-order valence-corrected chi connectivity index (χ4v) is 3.95. The number of thiocarbonyl (C=S) groups is 1. The molecule has 170 valence electrons. The lowest BCUT2D eigenvalue weighted by Gasteiger charge is -2.37. The van der Waals surface area contributed by atoms with Crippen LogP contribution in [-0.2, 0) is 6.18 Å². The maximum atomic E-state index is 12.7. The molecule has 0 fully saturated rings. The second kappa shape index (κ2) is 8.78. The Hall–Kier alpha value is -2.13. The van der Waals surface area contributed by atoms with Crippen molar-refractivity contribution in [2.45, 2.75) is 65.9 Å². The van der Waals surface area contributed by atoms with Gasteiger partial charge in [-0.3, -0.25) is 0 Å². The molecule has 0 bridgehead atoms. The molecule has 0 unspecified atom stereocenters. The van der Waals surface area contributed by atoms with Crippen LogP contribution in [0.4, 0.5) is 24.7 Å². The summed E-state index contributed by atoms with van der Waals surface area (Å²) in [4.78, 5) is 4.64. The van der Waals surface area contributed by atoms with Gasteiger partial charge in [-0.15, -0.1) is 0 Å². The normalized spacial score (nSPS) is 12.5. The Labute approximate surface area is 188 Å². The third kappa shape index (κ3) is 5.97. The second-order valence-corrected chi connectivity index (χ2v) is 14.3. The highest BCUT2D eigenvalue weighted by atomic mass is 32.1. The Balaban J connectivity index is 2.20.